The number of carbonyl (C=O) groups excluding carboxylic acids is 1. The van der Waals surface area contributed by atoms with E-state index in [0.29, 0.717) is 0 Å². The van der Waals surface area contributed by atoms with E-state index < -0.39 is 33.0 Å². The summed E-state index contributed by atoms with van der Waals surface area (Å²) in [5.41, 5.74) is -0.167. The van der Waals surface area contributed by atoms with E-state index in [1.807, 2.05) is 0 Å². The topological polar surface area (TPSA) is 128 Å². The molecule has 0 saturated carbocycles. The lowest BCUT2D eigenvalue weighted by molar-refractivity contribution is -0.384. The maximum absolute atomic E-state index is 12.3. The Balaban J connectivity index is 2.05. The van der Waals surface area contributed by atoms with Gasteiger partial charge in [-0.25, -0.2) is 8.42 Å². The maximum Gasteiger partial charge on any atom is 0.573 e. The van der Waals surface area contributed by atoms with Crippen molar-refractivity contribution in [3.05, 3.63) is 52.6 Å². The van der Waals surface area contributed by atoms with Gasteiger partial charge in [0.15, 0.2) is 0 Å². The lowest BCUT2D eigenvalue weighted by Crippen LogP contribution is -2.32. The van der Waals surface area contributed by atoms with Crippen LogP contribution in [0.3, 0.4) is 0 Å². The van der Waals surface area contributed by atoms with Crippen LogP contribution < -0.4 is 19.1 Å². The molecule has 1 amide bonds. The summed E-state index contributed by atoms with van der Waals surface area (Å²) in [5.74, 6) is -0.870. The fourth-order valence-electron chi connectivity index (χ4n) is 2.80. The lowest BCUT2D eigenvalue weighted by Gasteiger charge is -2.24. The van der Waals surface area contributed by atoms with E-state index in [-0.39, 0.29) is 42.2 Å². The van der Waals surface area contributed by atoms with E-state index in [0.717, 1.165) is 28.8 Å². The highest BCUT2D eigenvalue weighted by atomic mass is 32.2. The first kappa shape index (κ1) is 25.7. The Hall–Kier alpha value is -3.55. The highest BCUT2D eigenvalue weighted by Crippen LogP contribution is 2.34. The largest absolute Gasteiger partial charge is 0.573 e. The van der Waals surface area contributed by atoms with Crippen molar-refractivity contribution < 1.29 is 40.8 Å². The number of nitro benzene ring substituents is 1. The molecule has 10 nitrogen and oxygen atoms in total. The van der Waals surface area contributed by atoms with Crippen molar-refractivity contribution in [1.29, 1.82) is 0 Å². The second-order valence-corrected chi connectivity index (χ2v) is 8.58. The third kappa shape index (κ3) is 7.82. The monoisotopic (exact) mass is 491 g/mol. The molecule has 2 rings (SSSR count). The Labute approximate surface area is 187 Å². The molecule has 0 fully saturated rings. The number of anilines is 2. The van der Waals surface area contributed by atoms with E-state index in [1.54, 1.807) is 0 Å². The van der Waals surface area contributed by atoms with Gasteiger partial charge in [-0.3, -0.25) is 19.2 Å². The highest BCUT2D eigenvalue weighted by molar-refractivity contribution is 7.92. The summed E-state index contributed by atoms with van der Waals surface area (Å²) in [7, 11) is -2.60. The molecule has 0 heterocycles. The predicted octanol–water partition coefficient (Wildman–Crippen LogP) is 3.69. The SMILES string of the molecule is COc1ccc([N+](=O)[O-])cc1N(CCCC(=O)Nc1ccc(OC(F)(F)F)cc1)S(C)(=O)=O. The second kappa shape index (κ2) is 10.4. The number of rotatable bonds is 10. The van der Waals surface area contributed by atoms with Crippen LogP contribution in [0.5, 0.6) is 11.5 Å². The molecule has 180 valence electrons. The number of nitrogens with one attached hydrogen (secondary N) is 1. The van der Waals surface area contributed by atoms with Crippen molar-refractivity contribution in [2.45, 2.75) is 19.2 Å². The molecule has 0 aliphatic carbocycles. The van der Waals surface area contributed by atoms with Gasteiger partial charge >= 0.3 is 6.36 Å². The number of hydrogen-bond donors (Lipinski definition) is 1. The van der Waals surface area contributed by atoms with Crippen LogP contribution in [0.25, 0.3) is 0 Å². The third-order valence-electron chi connectivity index (χ3n) is 4.18. The Morgan fingerprint density at radius 3 is 2.33 bits per heavy atom. The minimum absolute atomic E-state index is 0.0417. The molecule has 14 heteroatoms. The van der Waals surface area contributed by atoms with Crippen LogP contribution in [0.1, 0.15) is 12.8 Å². The van der Waals surface area contributed by atoms with Crippen LogP contribution in [-0.2, 0) is 14.8 Å². The summed E-state index contributed by atoms with van der Waals surface area (Å²) in [6.45, 7) is -0.178. The number of non-ortho nitro benzene ring substituents is 1. The number of alkyl halides is 3. The van der Waals surface area contributed by atoms with Gasteiger partial charge in [0.05, 0.1) is 18.3 Å². The number of carbonyl (C=O) groups is 1. The van der Waals surface area contributed by atoms with Crippen molar-refractivity contribution in [1.82, 2.24) is 0 Å². The van der Waals surface area contributed by atoms with E-state index in [2.05, 4.69) is 10.1 Å². The molecule has 2 aromatic carbocycles. The summed E-state index contributed by atoms with van der Waals surface area (Å²) >= 11 is 0. The summed E-state index contributed by atoms with van der Waals surface area (Å²) in [5, 5.41) is 13.5. The molecule has 0 saturated heterocycles. The molecule has 33 heavy (non-hydrogen) atoms. The van der Waals surface area contributed by atoms with Gasteiger partial charge in [-0.05, 0) is 36.8 Å². The molecular weight excluding hydrogens is 471 g/mol. The first-order valence-electron chi connectivity index (χ1n) is 9.26. The van der Waals surface area contributed by atoms with E-state index >= 15 is 0 Å². The van der Waals surface area contributed by atoms with E-state index in [9.17, 15) is 36.5 Å². The molecule has 0 radical (unpaired) electrons. The van der Waals surface area contributed by atoms with Crippen LogP contribution in [-0.4, -0.2) is 45.5 Å². The van der Waals surface area contributed by atoms with Crippen molar-refractivity contribution in [3.8, 4) is 11.5 Å². The summed E-state index contributed by atoms with van der Waals surface area (Å²) in [6, 6.07) is 7.99. The maximum atomic E-state index is 12.3. The highest BCUT2D eigenvalue weighted by Gasteiger charge is 2.31. The first-order chi connectivity index (χ1) is 15.3. The molecule has 1 N–H and O–H groups in total. The van der Waals surface area contributed by atoms with Crippen molar-refractivity contribution in [3.63, 3.8) is 0 Å². The van der Waals surface area contributed by atoms with Crippen LogP contribution in [0.2, 0.25) is 0 Å². The van der Waals surface area contributed by atoms with Gasteiger partial charge < -0.3 is 14.8 Å². The summed E-state index contributed by atoms with van der Waals surface area (Å²) in [6.07, 6.45) is -4.02. The average molecular weight is 491 g/mol. The molecule has 0 aliphatic heterocycles. The van der Waals surface area contributed by atoms with Gasteiger partial charge in [0.2, 0.25) is 15.9 Å². The van der Waals surface area contributed by atoms with Crippen LogP contribution in [0.4, 0.5) is 30.2 Å². The smallest absolute Gasteiger partial charge is 0.495 e. The fraction of sp³-hybridized carbons (Fsp3) is 0.316. The standard InChI is InChI=1S/C19H20F3N3O7S/c1-31-17-10-7-14(25(27)28)12-16(17)24(33(2,29)30)11-3-4-18(26)23-13-5-8-15(9-6-13)32-19(20,21)22/h5-10,12H,3-4,11H2,1-2H3,(H,23,26). The van der Waals surface area contributed by atoms with Crippen molar-refractivity contribution in [2.24, 2.45) is 0 Å². The number of nitro groups is 1. The zero-order valence-corrected chi connectivity index (χ0v) is 18.3. The molecule has 0 aliphatic rings. The average Bonchev–Trinajstić information content (AvgIpc) is 2.70. The number of benzene rings is 2. The van der Waals surface area contributed by atoms with Gasteiger partial charge in [0.25, 0.3) is 5.69 Å². The fourth-order valence-corrected chi connectivity index (χ4v) is 3.76. The molecule has 0 unspecified atom stereocenters. The normalized spacial score (nSPS) is 11.5. The Morgan fingerprint density at radius 2 is 1.82 bits per heavy atom. The van der Waals surface area contributed by atoms with Gasteiger partial charge in [-0.1, -0.05) is 0 Å². The summed E-state index contributed by atoms with van der Waals surface area (Å²) in [4.78, 5) is 22.5. The molecule has 0 aromatic heterocycles. The number of sulfonamides is 1. The lowest BCUT2D eigenvalue weighted by atomic mass is 10.2. The minimum atomic E-state index is -4.84. The van der Waals surface area contributed by atoms with Gasteiger partial charge in [-0.15, -0.1) is 13.2 Å². The Bertz CT molecular complexity index is 1110. The van der Waals surface area contributed by atoms with Crippen LogP contribution >= 0.6 is 0 Å². The molecular formula is C19H20F3N3O7S. The predicted molar refractivity (Wildman–Crippen MR) is 113 cm³/mol. The zero-order chi connectivity index (χ0) is 24.8. The van der Waals surface area contributed by atoms with Gasteiger partial charge in [0, 0.05) is 30.8 Å². The number of halogens is 3. The van der Waals surface area contributed by atoms with Gasteiger partial charge in [-0.2, -0.15) is 0 Å². The minimum Gasteiger partial charge on any atom is -0.495 e. The van der Waals surface area contributed by atoms with Crippen molar-refractivity contribution in [2.75, 3.05) is 29.5 Å². The van der Waals surface area contributed by atoms with Crippen LogP contribution in [0, 0.1) is 10.1 Å². The Morgan fingerprint density at radius 1 is 1.18 bits per heavy atom. The number of methoxy groups -OCH3 is 1. The number of amides is 1. The molecule has 2 aromatic rings. The van der Waals surface area contributed by atoms with Crippen LogP contribution in [0.15, 0.2) is 42.5 Å². The van der Waals surface area contributed by atoms with Gasteiger partial charge in [0.1, 0.15) is 17.2 Å². The first-order valence-corrected chi connectivity index (χ1v) is 11.1. The second-order valence-electron chi connectivity index (χ2n) is 6.67. The molecule has 0 atom stereocenters. The number of ether oxygens (including phenoxy) is 2. The molecule has 0 spiro atoms. The zero-order valence-electron chi connectivity index (χ0n) is 17.5. The quantitative estimate of drug-likeness (QED) is 0.397. The third-order valence-corrected chi connectivity index (χ3v) is 5.36. The van der Waals surface area contributed by atoms with E-state index in [4.69, 9.17) is 4.74 Å². The Kier molecular flexibility index (Phi) is 8.08. The summed E-state index contributed by atoms with van der Waals surface area (Å²) < 4.78 is 70.9. The number of hydrogen-bond acceptors (Lipinski definition) is 7. The number of nitrogens with zero attached hydrogens (tertiary/aromatic N) is 2. The molecule has 0 bridgehead atoms. The van der Waals surface area contributed by atoms with Crippen molar-refractivity contribution >= 4 is 33.0 Å². The van der Waals surface area contributed by atoms with E-state index in [1.165, 1.54) is 31.4 Å².